The van der Waals surface area contributed by atoms with Crippen molar-refractivity contribution in [1.29, 1.82) is 0 Å². The molecule has 2 amide bonds. The third-order valence-electron chi connectivity index (χ3n) is 4.61. The normalized spacial score (nSPS) is 18.7. The second kappa shape index (κ2) is 7.99. The molecule has 7 heteroatoms. The topological polar surface area (TPSA) is 95.5 Å². The summed E-state index contributed by atoms with van der Waals surface area (Å²) in [5.41, 5.74) is 1.11. The minimum Gasteiger partial charge on any atom is -0.481 e. The van der Waals surface area contributed by atoms with E-state index >= 15 is 0 Å². The average Bonchev–Trinajstić information content (AvgIpc) is 3.11. The number of carboxylic acids is 1. The monoisotopic (exact) mass is 370 g/mol. The van der Waals surface area contributed by atoms with Crippen molar-refractivity contribution in [2.24, 2.45) is 5.92 Å². The number of rotatable bonds is 5. The molecular weight excluding hydrogens is 351 g/mol. The summed E-state index contributed by atoms with van der Waals surface area (Å²) in [5.74, 6) is -2.41. The maximum atomic E-state index is 12.9. The van der Waals surface area contributed by atoms with Crippen molar-refractivity contribution in [2.45, 2.75) is 25.3 Å². The fraction of sp³-hybridized carbons (Fsp3) is 0.250. The van der Waals surface area contributed by atoms with E-state index in [9.17, 15) is 18.8 Å². The van der Waals surface area contributed by atoms with Crippen LogP contribution in [0.3, 0.4) is 0 Å². The number of halogens is 1. The third kappa shape index (κ3) is 4.69. The fourth-order valence-electron chi connectivity index (χ4n) is 3.15. The zero-order valence-corrected chi connectivity index (χ0v) is 14.4. The van der Waals surface area contributed by atoms with E-state index in [0.717, 1.165) is 0 Å². The predicted molar refractivity (Wildman–Crippen MR) is 97.0 cm³/mol. The first-order valence-corrected chi connectivity index (χ1v) is 8.63. The fourth-order valence-corrected chi connectivity index (χ4v) is 3.15. The summed E-state index contributed by atoms with van der Waals surface area (Å²) in [4.78, 5) is 35.6. The van der Waals surface area contributed by atoms with Gasteiger partial charge in [-0.2, -0.15) is 0 Å². The molecule has 140 valence electrons. The van der Waals surface area contributed by atoms with Gasteiger partial charge in [-0.1, -0.05) is 6.07 Å². The van der Waals surface area contributed by atoms with Crippen molar-refractivity contribution in [3.05, 3.63) is 65.5 Å². The van der Waals surface area contributed by atoms with Crippen LogP contribution in [-0.2, 0) is 4.79 Å². The van der Waals surface area contributed by atoms with Gasteiger partial charge < -0.3 is 15.7 Å². The number of amides is 2. The third-order valence-corrected chi connectivity index (χ3v) is 4.61. The van der Waals surface area contributed by atoms with Gasteiger partial charge in [-0.15, -0.1) is 0 Å². The molecule has 2 aromatic rings. The van der Waals surface area contributed by atoms with E-state index in [0.29, 0.717) is 36.1 Å². The molecule has 1 saturated carbocycles. The van der Waals surface area contributed by atoms with Crippen LogP contribution in [0.5, 0.6) is 0 Å². The Balaban J connectivity index is 1.63. The van der Waals surface area contributed by atoms with Crippen molar-refractivity contribution in [1.82, 2.24) is 5.32 Å². The van der Waals surface area contributed by atoms with Crippen molar-refractivity contribution in [3.8, 4) is 0 Å². The van der Waals surface area contributed by atoms with E-state index in [2.05, 4.69) is 10.6 Å². The molecule has 0 heterocycles. The van der Waals surface area contributed by atoms with E-state index in [-0.39, 0.29) is 11.9 Å². The van der Waals surface area contributed by atoms with Gasteiger partial charge in [0.2, 0.25) is 0 Å². The highest BCUT2D eigenvalue weighted by molar-refractivity contribution is 6.05. The Bertz CT molecular complexity index is 867. The largest absolute Gasteiger partial charge is 0.481 e. The van der Waals surface area contributed by atoms with E-state index in [1.165, 1.54) is 24.3 Å². The number of carboxylic acid groups (broad SMARTS) is 1. The summed E-state index contributed by atoms with van der Waals surface area (Å²) in [7, 11) is 0. The Morgan fingerprint density at radius 1 is 0.963 bits per heavy atom. The minimum atomic E-state index is -0.836. The zero-order chi connectivity index (χ0) is 19.4. The highest BCUT2D eigenvalue weighted by atomic mass is 19.1. The first kappa shape index (κ1) is 18.6. The van der Waals surface area contributed by atoms with Crippen molar-refractivity contribution < 1.29 is 23.9 Å². The maximum absolute atomic E-state index is 12.9. The van der Waals surface area contributed by atoms with Gasteiger partial charge >= 0.3 is 5.97 Å². The molecule has 6 nitrogen and oxygen atoms in total. The van der Waals surface area contributed by atoms with Gasteiger partial charge in [0.15, 0.2) is 0 Å². The lowest BCUT2D eigenvalue weighted by molar-refractivity contribution is -0.141. The molecule has 1 aliphatic carbocycles. The molecule has 27 heavy (non-hydrogen) atoms. The Kier molecular flexibility index (Phi) is 5.49. The lowest BCUT2D eigenvalue weighted by Crippen LogP contribution is -2.33. The van der Waals surface area contributed by atoms with Crippen LogP contribution in [0.4, 0.5) is 10.1 Å². The first-order chi connectivity index (χ1) is 12.9. The van der Waals surface area contributed by atoms with Gasteiger partial charge in [-0.05, 0) is 61.7 Å². The van der Waals surface area contributed by atoms with Gasteiger partial charge in [0.1, 0.15) is 5.82 Å². The smallest absolute Gasteiger partial charge is 0.306 e. The molecule has 0 bridgehead atoms. The van der Waals surface area contributed by atoms with Gasteiger partial charge in [0, 0.05) is 22.9 Å². The highest BCUT2D eigenvalue weighted by Crippen LogP contribution is 2.26. The molecule has 0 spiro atoms. The molecule has 2 aromatic carbocycles. The van der Waals surface area contributed by atoms with Crippen molar-refractivity contribution >= 4 is 23.5 Å². The Labute approximate surface area is 155 Å². The Morgan fingerprint density at radius 2 is 1.70 bits per heavy atom. The molecule has 1 fully saturated rings. The number of carbonyl (C=O) groups excluding carboxylic acids is 2. The molecule has 1 aliphatic rings. The number of benzene rings is 2. The molecule has 2 atom stereocenters. The highest BCUT2D eigenvalue weighted by Gasteiger charge is 2.30. The van der Waals surface area contributed by atoms with Gasteiger partial charge in [-0.3, -0.25) is 14.4 Å². The molecule has 3 N–H and O–H groups in total. The Hall–Kier alpha value is -3.22. The van der Waals surface area contributed by atoms with Crippen molar-refractivity contribution in [2.75, 3.05) is 5.32 Å². The SMILES string of the molecule is O=C(Nc1cccc(C(=O)N[C@H]2CC[C@@H](C(=O)O)C2)c1)c1ccc(F)cc1. The summed E-state index contributed by atoms with van der Waals surface area (Å²) >= 11 is 0. The van der Waals surface area contributed by atoms with Gasteiger partial charge in [0.05, 0.1) is 5.92 Å². The second-order valence-corrected chi connectivity index (χ2v) is 6.56. The van der Waals surface area contributed by atoms with E-state index < -0.39 is 23.6 Å². The van der Waals surface area contributed by atoms with Crippen LogP contribution in [0.2, 0.25) is 0 Å². The number of anilines is 1. The molecule has 0 aliphatic heterocycles. The molecule has 0 unspecified atom stereocenters. The number of aliphatic carboxylic acids is 1. The quantitative estimate of drug-likeness (QED) is 0.754. The summed E-state index contributed by atoms with van der Waals surface area (Å²) in [6, 6.07) is 11.4. The molecule has 0 radical (unpaired) electrons. The molecule has 0 saturated heterocycles. The number of hydrogen-bond donors (Lipinski definition) is 3. The lowest BCUT2D eigenvalue weighted by Gasteiger charge is -2.13. The Morgan fingerprint density at radius 3 is 2.37 bits per heavy atom. The molecular formula is C20H19FN2O4. The summed E-state index contributed by atoms with van der Waals surface area (Å²) in [6.45, 7) is 0. The van der Waals surface area contributed by atoms with Crippen LogP contribution in [0.25, 0.3) is 0 Å². The van der Waals surface area contributed by atoms with Crippen LogP contribution in [0.1, 0.15) is 40.0 Å². The number of carbonyl (C=O) groups is 3. The van der Waals surface area contributed by atoms with Gasteiger partial charge in [-0.25, -0.2) is 4.39 Å². The number of nitrogens with one attached hydrogen (secondary N) is 2. The van der Waals surface area contributed by atoms with E-state index in [1.54, 1.807) is 24.3 Å². The number of hydrogen-bond acceptors (Lipinski definition) is 3. The second-order valence-electron chi connectivity index (χ2n) is 6.56. The van der Waals surface area contributed by atoms with Crippen LogP contribution in [-0.4, -0.2) is 28.9 Å². The van der Waals surface area contributed by atoms with Crippen LogP contribution < -0.4 is 10.6 Å². The average molecular weight is 370 g/mol. The van der Waals surface area contributed by atoms with Crippen molar-refractivity contribution in [3.63, 3.8) is 0 Å². The maximum Gasteiger partial charge on any atom is 0.306 e. The summed E-state index contributed by atoms with van der Waals surface area (Å²) < 4.78 is 12.9. The minimum absolute atomic E-state index is 0.170. The lowest BCUT2D eigenvalue weighted by atomic mass is 10.1. The molecule has 0 aromatic heterocycles. The summed E-state index contributed by atoms with van der Waals surface area (Å²) in [6.07, 6.45) is 1.60. The summed E-state index contributed by atoms with van der Waals surface area (Å²) in [5, 5.41) is 14.5. The zero-order valence-electron chi connectivity index (χ0n) is 14.4. The molecule has 3 rings (SSSR count). The van der Waals surface area contributed by atoms with E-state index in [1.807, 2.05) is 0 Å². The van der Waals surface area contributed by atoms with Crippen LogP contribution in [0, 0.1) is 11.7 Å². The van der Waals surface area contributed by atoms with Gasteiger partial charge in [0.25, 0.3) is 11.8 Å². The van der Waals surface area contributed by atoms with Crippen LogP contribution >= 0.6 is 0 Å². The first-order valence-electron chi connectivity index (χ1n) is 8.63. The standard InChI is InChI=1S/C20H19FN2O4/c21-15-7-4-12(5-8-15)18(24)22-16-3-1-2-13(10-16)19(25)23-17-9-6-14(11-17)20(26)27/h1-5,7-8,10,14,17H,6,9,11H2,(H,22,24)(H,23,25)(H,26,27)/t14-,17+/m1/s1. The predicted octanol–water partition coefficient (Wildman–Crippen LogP) is 3.06. The van der Waals surface area contributed by atoms with Crippen LogP contribution in [0.15, 0.2) is 48.5 Å². The van der Waals surface area contributed by atoms with E-state index in [4.69, 9.17) is 5.11 Å².